The van der Waals surface area contributed by atoms with Crippen LogP contribution in [0, 0.1) is 11.3 Å². The molecule has 0 bridgehead atoms. The maximum Gasteiger partial charge on any atom is 0.182 e. The van der Waals surface area contributed by atoms with E-state index in [2.05, 4.69) is 20.8 Å². The summed E-state index contributed by atoms with van der Waals surface area (Å²) in [5.41, 5.74) is 3.52. The minimum absolute atomic E-state index is 0.325. The van der Waals surface area contributed by atoms with Crippen molar-refractivity contribution in [2.45, 2.75) is 40.0 Å². The molecule has 0 saturated carbocycles. The maximum absolute atomic E-state index is 5.44. The van der Waals surface area contributed by atoms with Crippen LogP contribution in [0.5, 0.6) is 11.5 Å². The summed E-state index contributed by atoms with van der Waals surface area (Å²) >= 11 is 1.82. The molecule has 156 valence electrons. The van der Waals surface area contributed by atoms with E-state index < -0.39 is 0 Å². The number of methoxy groups -OCH3 is 2. The van der Waals surface area contributed by atoms with Gasteiger partial charge in [-0.05, 0) is 54.4 Å². The smallest absolute Gasteiger partial charge is 0.182 e. The zero-order valence-electron chi connectivity index (χ0n) is 18.0. The largest absolute Gasteiger partial charge is 0.493 e. The van der Waals surface area contributed by atoms with E-state index in [0.717, 1.165) is 28.9 Å². The van der Waals surface area contributed by atoms with Crippen LogP contribution in [-0.2, 0) is 12.8 Å². The van der Waals surface area contributed by atoms with Crippen LogP contribution < -0.4 is 9.47 Å². The topological polar surface area (TPSA) is 61.5 Å². The summed E-state index contributed by atoms with van der Waals surface area (Å²) in [5, 5.41) is 5.87. The minimum atomic E-state index is 0.325. The van der Waals surface area contributed by atoms with Gasteiger partial charge in [0.15, 0.2) is 23.0 Å². The molecule has 0 saturated heterocycles. The highest BCUT2D eigenvalue weighted by atomic mass is 32.1. The van der Waals surface area contributed by atoms with Crippen molar-refractivity contribution in [2.24, 2.45) is 11.3 Å². The van der Waals surface area contributed by atoms with Gasteiger partial charge in [-0.15, -0.1) is 16.4 Å². The van der Waals surface area contributed by atoms with Crippen LogP contribution in [0.4, 0.5) is 0 Å². The molecule has 7 heteroatoms. The first kappa shape index (κ1) is 19.3. The van der Waals surface area contributed by atoms with Crippen LogP contribution in [0.15, 0.2) is 24.5 Å². The first-order valence-corrected chi connectivity index (χ1v) is 11.1. The van der Waals surface area contributed by atoms with Crippen LogP contribution >= 0.6 is 11.3 Å². The molecular weight excluding hydrogens is 396 g/mol. The van der Waals surface area contributed by atoms with Crippen molar-refractivity contribution in [1.82, 2.24) is 19.6 Å². The lowest BCUT2D eigenvalue weighted by Crippen LogP contribution is -2.26. The van der Waals surface area contributed by atoms with Crippen LogP contribution in [0.1, 0.15) is 37.6 Å². The zero-order chi connectivity index (χ0) is 21.0. The number of ether oxygens (including phenoxy) is 2. The number of rotatable bonds is 3. The summed E-state index contributed by atoms with van der Waals surface area (Å²) in [6.45, 7) is 7.04. The SMILES string of the molecule is COc1ccc(-c2nc3c4c5c(sc4ncn3n2)CC(C(C)(C)C)CC5)cc1OC. The zero-order valence-corrected chi connectivity index (χ0v) is 18.8. The van der Waals surface area contributed by atoms with E-state index in [1.165, 1.54) is 22.2 Å². The fourth-order valence-corrected chi connectivity index (χ4v) is 5.67. The molecule has 1 atom stereocenters. The predicted molar refractivity (Wildman–Crippen MR) is 120 cm³/mol. The molecule has 3 aromatic heterocycles. The molecule has 0 N–H and O–H groups in total. The Labute approximate surface area is 179 Å². The van der Waals surface area contributed by atoms with Crippen molar-refractivity contribution < 1.29 is 9.47 Å². The van der Waals surface area contributed by atoms with Gasteiger partial charge in [0, 0.05) is 10.4 Å². The van der Waals surface area contributed by atoms with E-state index >= 15 is 0 Å². The standard InChI is InChI=1S/C23H26N4O2S/c1-23(2,3)14-7-8-15-18(11-14)30-22-19(15)21-25-20(26-27(21)12-24-22)13-6-9-16(28-4)17(10-13)29-5/h6,9-10,12,14H,7-8,11H2,1-5H3. The van der Waals surface area contributed by atoms with Gasteiger partial charge >= 0.3 is 0 Å². The van der Waals surface area contributed by atoms with Gasteiger partial charge in [0.1, 0.15) is 11.2 Å². The van der Waals surface area contributed by atoms with E-state index in [-0.39, 0.29) is 0 Å². The molecule has 1 aromatic carbocycles. The van der Waals surface area contributed by atoms with Gasteiger partial charge < -0.3 is 9.47 Å². The van der Waals surface area contributed by atoms with Gasteiger partial charge in [-0.2, -0.15) is 0 Å². The summed E-state index contributed by atoms with van der Waals surface area (Å²) < 4.78 is 12.6. The summed E-state index contributed by atoms with van der Waals surface area (Å²) in [7, 11) is 3.27. The molecule has 1 unspecified atom stereocenters. The van der Waals surface area contributed by atoms with Crippen LogP contribution in [0.3, 0.4) is 0 Å². The highest BCUT2D eigenvalue weighted by Crippen LogP contribution is 2.43. The molecule has 0 aliphatic heterocycles. The lowest BCUT2D eigenvalue weighted by atomic mass is 9.72. The number of fused-ring (bicyclic) bond motifs is 5. The van der Waals surface area contributed by atoms with Gasteiger partial charge in [0.25, 0.3) is 0 Å². The highest BCUT2D eigenvalue weighted by molar-refractivity contribution is 7.19. The second-order valence-corrected chi connectivity index (χ2v) is 10.1. The Hall–Kier alpha value is -2.67. The van der Waals surface area contributed by atoms with Gasteiger partial charge in [-0.1, -0.05) is 20.8 Å². The Kier molecular flexibility index (Phi) is 4.47. The fourth-order valence-electron chi connectivity index (χ4n) is 4.41. The van der Waals surface area contributed by atoms with E-state index in [1.54, 1.807) is 25.1 Å². The first-order valence-electron chi connectivity index (χ1n) is 10.3. The molecule has 1 aliphatic rings. The van der Waals surface area contributed by atoms with E-state index in [4.69, 9.17) is 24.5 Å². The number of aromatic nitrogens is 4. The molecule has 0 amide bonds. The quantitative estimate of drug-likeness (QED) is 0.456. The number of benzene rings is 1. The van der Waals surface area contributed by atoms with Crippen LogP contribution in [0.25, 0.3) is 27.3 Å². The van der Waals surface area contributed by atoms with E-state index in [9.17, 15) is 0 Å². The maximum atomic E-state index is 5.44. The Morgan fingerprint density at radius 1 is 1.13 bits per heavy atom. The van der Waals surface area contributed by atoms with Crippen molar-refractivity contribution >= 4 is 27.2 Å². The Morgan fingerprint density at radius 3 is 2.67 bits per heavy atom. The fraction of sp³-hybridized carbons (Fsp3) is 0.435. The highest BCUT2D eigenvalue weighted by Gasteiger charge is 2.31. The summed E-state index contributed by atoms with van der Waals surface area (Å²) in [5.74, 6) is 2.72. The van der Waals surface area contributed by atoms with Crippen molar-refractivity contribution in [3.63, 3.8) is 0 Å². The van der Waals surface area contributed by atoms with Crippen LogP contribution in [0.2, 0.25) is 0 Å². The number of thiophene rings is 1. The van der Waals surface area contributed by atoms with Crippen molar-refractivity contribution in [3.05, 3.63) is 35.0 Å². The first-order chi connectivity index (χ1) is 14.4. The lowest BCUT2D eigenvalue weighted by Gasteiger charge is -2.33. The average molecular weight is 423 g/mol. The Bertz CT molecular complexity index is 1250. The number of hydrogen-bond donors (Lipinski definition) is 0. The molecule has 3 heterocycles. The number of hydrogen-bond acceptors (Lipinski definition) is 6. The normalized spacial score (nSPS) is 16.8. The van der Waals surface area contributed by atoms with Crippen molar-refractivity contribution in [1.29, 1.82) is 0 Å². The second kappa shape index (κ2) is 6.94. The summed E-state index contributed by atoms with van der Waals surface area (Å²) in [6.07, 6.45) is 5.19. The number of nitrogens with zero attached hydrogens (tertiary/aromatic N) is 4. The van der Waals surface area contributed by atoms with Crippen molar-refractivity contribution in [2.75, 3.05) is 14.2 Å². The third-order valence-electron chi connectivity index (χ3n) is 6.25. The van der Waals surface area contributed by atoms with Gasteiger partial charge in [0.05, 0.1) is 19.6 Å². The Morgan fingerprint density at radius 2 is 1.93 bits per heavy atom. The molecule has 0 radical (unpaired) electrons. The average Bonchev–Trinajstić information content (AvgIpc) is 3.32. The van der Waals surface area contributed by atoms with E-state index in [1.807, 2.05) is 29.5 Å². The molecule has 0 spiro atoms. The predicted octanol–water partition coefficient (Wildman–Crippen LogP) is 5.17. The molecule has 30 heavy (non-hydrogen) atoms. The summed E-state index contributed by atoms with van der Waals surface area (Å²) in [6, 6.07) is 5.75. The van der Waals surface area contributed by atoms with Gasteiger partial charge in [-0.25, -0.2) is 14.5 Å². The molecule has 6 nitrogen and oxygen atoms in total. The second-order valence-electron chi connectivity index (χ2n) is 9.01. The molecule has 0 fully saturated rings. The third kappa shape index (κ3) is 3.03. The van der Waals surface area contributed by atoms with Crippen molar-refractivity contribution in [3.8, 4) is 22.9 Å². The number of aryl methyl sites for hydroxylation is 1. The Balaban J connectivity index is 1.62. The third-order valence-corrected chi connectivity index (χ3v) is 7.41. The molecule has 1 aliphatic carbocycles. The molecule has 5 rings (SSSR count). The summed E-state index contributed by atoms with van der Waals surface area (Å²) in [4.78, 5) is 12.1. The lowest BCUT2D eigenvalue weighted by molar-refractivity contribution is 0.218. The van der Waals surface area contributed by atoms with Gasteiger partial charge in [-0.3, -0.25) is 0 Å². The minimum Gasteiger partial charge on any atom is -0.493 e. The molecular formula is C23H26N4O2S. The molecule has 4 aromatic rings. The monoisotopic (exact) mass is 422 g/mol. The van der Waals surface area contributed by atoms with Gasteiger partial charge in [0.2, 0.25) is 0 Å². The van der Waals surface area contributed by atoms with Crippen LogP contribution in [-0.4, -0.2) is 33.8 Å². The van der Waals surface area contributed by atoms with E-state index in [0.29, 0.717) is 28.7 Å².